The molecule has 180 valence electrons. The van der Waals surface area contributed by atoms with Crippen LogP contribution in [0.4, 0.5) is 0 Å². The molecule has 3 aliphatic carbocycles. The minimum atomic E-state index is -0.889. The van der Waals surface area contributed by atoms with Gasteiger partial charge in [-0.2, -0.15) is 0 Å². The van der Waals surface area contributed by atoms with Crippen LogP contribution in [0.15, 0.2) is 12.1 Å². The lowest BCUT2D eigenvalue weighted by atomic mass is 9.48. The van der Waals surface area contributed by atoms with Crippen molar-refractivity contribution in [1.82, 2.24) is 9.80 Å². The minimum Gasteiger partial charge on any atom is -0.504 e. The van der Waals surface area contributed by atoms with Gasteiger partial charge in [-0.1, -0.05) is 25.8 Å². The summed E-state index contributed by atoms with van der Waals surface area (Å²) in [7, 11) is 1.91. The van der Waals surface area contributed by atoms with Crippen molar-refractivity contribution >= 4 is 5.91 Å². The third-order valence-electron chi connectivity index (χ3n) is 9.62. The van der Waals surface area contributed by atoms with Gasteiger partial charge in [-0.05, 0) is 69.0 Å². The number of phenols is 1. The number of ether oxygens (including phenoxy) is 1. The van der Waals surface area contributed by atoms with Crippen LogP contribution in [-0.4, -0.2) is 69.8 Å². The molecule has 6 heteroatoms. The number of aliphatic hydroxyl groups is 1. The Labute approximate surface area is 196 Å². The van der Waals surface area contributed by atoms with Gasteiger partial charge in [0.05, 0.1) is 17.1 Å². The van der Waals surface area contributed by atoms with E-state index in [2.05, 4.69) is 11.8 Å². The molecule has 1 aromatic rings. The lowest BCUT2D eigenvalue weighted by molar-refractivity contribution is -0.200. The maximum atomic E-state index is 13.1. The zero-order valence-corrected chi connectivity index (χ0v) is 20.1. The van der Waals surface area contributed by atoms with E-state index in [9.17, 15) is 15.0 Å². The summed E-state index contributed by atoms with van der Waals surface area (Å²) >= 11 is 0. The number of hydrogen-bond donors (Lipinski definition) is 2. The van der Waals surface area contributed by atoms with Gasteiger partial charge in [0.2, 0.25) is 5.91 Å². The fourth-order valence-corrected chi connectivity index (χ4v) is 7.74. The van der Waals surface area contributed by atoms with Crippen LogP contribution in [0.1, 0.15) is 75.8 Å². The monoisotopic (exact) mass is 454 g/mol. The number of hydrogen-bond acceptors (Lipinski definition) is 5. The van der Waals surface area contributed by atoms with Crippen molar-refractivity contribution in [3.05, 3.63) is 23.3 Å². The number of unbranched alkanes of at least 4 members (excludes halogenated alkanes) is 2. The molecule has 1 spiro atoms. The van der Waals surface area contributed by atoms with Crippen molar-refractivity contribution in [2.24, 2.45) is 5.92 Å². The van der Waals surface area contributed by atoms with E-state index in [0.29, 0.717) is 18.6 Å². The topological polar surface area (TPSA) is 73.2 Å². The number of amides is 1. The molecule has 2 N–H and O–H groups in total. The molecule has 33 heavy (non-hydrogen) atoms. The Bertz CT molecular complexity index is 962. The van der Waals surface area contributed by atoms with Crippen LogP contribution in [0.3, 0.4) is 0 Å². The van der Waals surface area contributed by atoms with Crippen LogP contribution in [-0.2, 0) is 16.6 Å². The van der Waals surface area contributed by atoms with Gasteiger partial charge >= 0.3 is 0 Å². The van der Waals surface area contributed by atoms with Gasteiger partial charge in [0.1, 0.15) is 6.10 Å². The fourth-order valence-electron chi connectivity index (χ4n) is 7.74. The summed E-state index contributed by atoms with van der Waals surface area (Å²) in [5.74, 6) is 1.66. The zero-order valence-electron chi connectivity index (χ0n) is 20.1. The van der Waals surface area contributed by atoms with Crippen LogP contribution in [0.25, 0.3) is 0 Å². The number of likely N-dealkylation sites (tertiary alicyclic amines) is 1. The van der Waals surface area contributed by atoms with E-state index in [1.54, 1.807) is 6.07 Å². The van der Waals surface area contributed by atoms with Crippen LogP contribution in [0, 0.1) is 5.92 Å². The second kappa shape index (κ2) is 7.61. The molecular weight excluding hydrogens is 416 g/mol. The lowest BCUT2D eigenvalue weighted by Gasteiger charge is -2.64. The number of nitrogens with zero attached hydrogens (tertiary/aromatic N) is 2. The summed E-state index contributed by atoms with van der Waals surface area (Å²) in [5, 5.41) is 23.3. The Morgan fingerprint density at radius 1 is 1.24 bits per heavy atom. The number of piperidine rings is 1. The van der Waals surface area contributed by atoms with Gasteiger partial charge in [0.25, 0.3) is 0 Å². The van der Waals surface area contributed by atoms with E-state index in [4.69, 9.17) is 4.74 Å². The van der Waals surface area contributed by atoms with E-state index in [0.717, 1.165) is 63.1 Å². The first kappa shape index (κ1) is 21.7. The van der Waals surface area contributed by atoms with Gasteiger partial charge in [-0.25, -0.2) is 0 Å². The van der Waals surface area contributed by atoms with Crippen molar-refractivity contribution in [1.29, 1.82) is 0 Å². The van der Waals surface area contributed by atoms with Crippen LogP contribution in [0.2, 0.25) is 0 Å². The molecule has 0 aromatic heterocycles. The van der Waals surface area contributed by atoms with Crippen molar-refractivity contribution in [3.63, 3.8) is 0 Å². The van der Waals surface area contributed by atoms with E-state index in [1.165, 1.54) is 18.4 Å². The van der Waals surface area contributed by atoms with E-state index in [1.807, 2.05) is 18.0 Å². The molecule has 1 saturated heterocycles. The molecule has 2 saturated carbocycles. The molecule has 3 fully saturated rings. The zero-order chi connectivity index (χ0) is 23.0. The Balaban J connectivity index is 1.39. The summed E-state index contributed by atoms with van der Waals surface area (Å²) in [6.45, 7) is 4.17. The van der Waals surface area contributed by atoms with Crippen molar-refractivity contribution in [2.45, 2.75) is 100 Å². The quantitative estimate of drug-likeness (QED) is 0.618. The number of carbonyl (C=O) groups is 1. The van der Waals surface area contributed by atoms with Crippen molar-refractivity contribution in [2.75, 3.05) is 20.1 Å². The van der Waals surface area contributed by atoms with Gasteiger partial charge in [0, 0.05) is 31.6 Å². The molecule has 0 radical (unpaired) electrons. The number of likely N-dealkylation sites (N-methyl/N-ethyl adjacent to an activating group) is 1. The number of aromatic hydroxyl groups is 1. The van der Waals surface area contributed by atoms with Crippen LogP contribution in [0.5, 0.6) is 11.5 Å². The normalized spacial score (nSPS) is 36.3. The number of rotatable bonds is 7. The predicted octanol–water partition coefficient (Wildman–Crippen LogP) is 3.36. The summed E-state index contributed by atoms with van der Waals surface area (Å²) in [6.07, 6.45) is 8.96. The summed E-state index contributed by atoms with van der Waals surface area (Å²) in [5.41, 5.74) is 0.798. The van der Waals surface area contributed by atoms with Gasteiger partial charge in [-0.15, -0.1) is 0 Å². The smallest absolute Gasteiger partial charge is 0.222 e. The molecule has 5 aliphatic rings. The van der Waals surface area contributed by atoms with Crippen LogP contribution >= 0.6 is 0 Å². The SMILES string of the molecule is CCCCCC(=O)N(C)[C@@H]1CC[C@@]2(O)[C@H]3Cc4ccc(O)c5c4[C@@]2(CCN3CC2CC2)[C@H]1O5. The third kappa shape index (κ3) is 2.95. The predicted molar refractivity (Wildman–Crippen MR) is 125 cm³/mol. The second-order valence-corrected chi connectivity index (χ2v) is 11.4. The molecule has 2 bridgehead atoms. The van der Waals surface area contributed by atoms with E-state index < -0.39 is 11.0 Å². The fraction of sp³-hybridized carbons (Fsp3) is 0.741. The highest BCUT2D eigenvalue weighted by atomic mass is 16.5. The molecular formula is C27H38N2O4. The highest BCUT2D eigenvalue weighted by Gasteiger charge is 2.73. The Kier molecular flexibility index (Phi) is 5.01. The summed E-state index contributed by atoms with van der Waals surface area (Å²) in [4.78, 5) is 17.5. The van der Waals surface area contributed by atoms with E-state index >= 15 is 0 Å². The largest absolute Gasteiger partial charge is 0.504 e. The first-order valence-corrected chi connectivity index (χ1v) is 13.1. The Morgan fingerprint density at radius 2 is 2.06 bits per heavy atom. The lowest BCUT2D eigenvalue weighted by Crippen LogP contribution is -2.78. The average molecular weight is 455 g/mol. The highest BCUT2D eigenvalue weighted by Crippen LogP contribution is 2.66. The molecule has 2 aliphatic heterocycles. The van der Waals surface area contributed by atoms with Crippen molar-refractivity contribution < 1.29 is 19.7 Å². The average Bonchev–Trinajstić information content (AvgIpc) is 3.54. The van der Waals surface area contributed by atoms with Gasteiger partial charge in [-0.3, -0.25) is 9.69 Å². The Morgan fingerprint density at radius 3 is 2.82 bits per heavy atom. The van der Waals surface area contributed by atoms with E-state index in [-0.39, 0.29) is 29.8 Å². The molecule has 1 amide bonds. The van der Waals surface area contributed by atoms with Gasteiger partial charge in [0.15, 0.2) is 11.5 Å². The molecule has 0 unspecified atom stereocenters. The third-order valence-corrected chi connectivity index (χ3v) is 9.62. The second-order valence-electron chi connectivity index (χ2n) is 11.4. The van der Waals surface area contributed by atoms with Crippen LogP contribution < -0.4 is 4.74 Å². The molecule has 2 heterocycles. The first-order valence-electron chi connectivity index (χ1n) is 13.1. The standard InChI is InChI=1S/C27H38N2O4/c1-3-4-5-6-22(31)28(2)19-11-12-27(32)21-15-18-9-10-20(30)24-23(18)26(27,25(19)33-24)13-14-29(21)16-17-7-8-17/h9-10,17,19,21,25,30,32H,3-8,11-16H2,1-2H3/t19-,21-,25+,26+,27-/m1/s1. The van der Waals surface area contributed by atoms with Crippen molar-refractivity contribution in [3.8, 4) is 11.5 Å². The maximum Gasteiger partial charge on any atom is 0.222 e. The summed E-state index contributed by atoms with van der Waals surface area (Å²) < 4.78 is 6.59. The molecule has 1 aromatic carbocycles. The van der Waals surface area contributed by atoms with Gasteiger partial charge < -0.3 is 19.8 Å². The highest BCUT2D eigenvalue weighted by molar-refractivity contribution is 5.76. The molecule has 6 rings (SSSR count). The Hall–Kier alpha value is -1.79. The maximum absolute atomic E-state index is 13.1. The number of carbonyl (C=O) groups excluding carboxylic acids is 1. The number of benzene rings is 1. The summed E-state index contributed by atoms with van der Waals surface area (Å²) in [6, 6.07) is 3.78. The first-order chi connectivity index (χ1) is 15.9. The molecule has 5 atom stereocenters. The number of phenolic OH excluding ortho intramolecular Hbond substituents is 1. The molecule has 6 nitrogen and oxygen atoms in total. The minimum absolute atomic E-state index is 0.0763.